The number of rotatable bonds is 7. The Morgan fingerprint density at radius 2 is 2.26 bits per heavy atom. The zero-order chi connectivity index (χ0) is 16.1. The van der Waals surface area contributed by atoms with Crippen molar-refractivity contribution in [2.45, 2.75) is 44.9 Å². The van der Waals surface area contributed by atoms with Crippen LogP contribution in [0.2, 0.25) is 0 Å². The molecule has 0 radical (unpaired) electrons. The zero-order valence-electron chi connectivity index (χ0n) is 13.6. The first kappa shape index (κ1) is 16.1. The third-order valence-electron chi connectivity index (χ3n) is 4.46. The first-order valence-corrected chi connectivity index (χ1v) is 8.43. The first-order valence-electron chi connectivity index (χ1n) is 8.43. The van der Waals surface area contributed by atoms with Gasteiger partial charge in [-0.25, -0.2) is 0 Å². The molecule has 2 heterocycles. The van der Waals surface area contributed by atoms with E-state index in [1.807, 2.05) is 31.2 Å². The van der Waals surface area contributed by atoms with Gasteiger partial charge in [0.15, 0.2) is 0 Å². The lowest BCUT2D eigenvalue weighted by molar-refractivity contribution is 0.0995. The number of hydrogen-bond donors (Lipinski definition) is 1. The molecule has 4 heteroatoms. The van der Waals surface area contributed by atoms with E-state index in [2.05, 4.69) is 17.0 Å². The van der Waals surface area contributed by atoms with Gasteiger partial charge in [-0.3, -0.25) is 4.90 Å². The Morgan fingerprint density at radius 3 is 3.04 bits per heavy atom. The van der Waals surface area contributed by atoms with Gasteiger partial charge in [0.1, 0.15) is 17.6 Å². The molecule has 0 bridgehead atoms. The molecule has 1 aromatic heterocycles. The highest BCUT2D eigenvalue weighted by Gasteiger charge is 2.28. The molecule has 2 atom stereocenters. The van der Waals surface area contributed by atoms with Gasteiger partial charge in [-0.2, -0.15) is 0 Å². The molecule has 1 aliphatic rings. The van der Waals surface area contributed by atoms with Gasteiger partial charge in [-0.15, -0.1) is 0 Å². The van der Waals surface area contributed by atoms with Crippen LogP contribution >= 0.6 is 0 Å². The molecule has 2 aromatic rings. The quantitative estimate of drug-likeness (QED) is 0.845. The number of aliphatic hydroxyl groups excluding tert-OH is 1. The minimum Gasteiger partial charge on any atom is -0.494 e. The number of likely N-dealkylation sites (tertiary alicyclic amines) is 1. The van der Waals surface area contributed by atoms with Crippen LogP contribution in [0.1, 0.15) is 43.6 Å². The summed E-state index contributed by atoms with van der Waals surface area (Å²) in [6, 6.07) is 12.4. The Morgan fingerprint density at radius 1 is 1.35 bits per heavy atom. The van der Waals surface area contributed by atoms with E-state index in [9.17, 15) is 5.11 Å². The summed E-state index contributed by atoms with van der Waals surface area (Å²) in [6.07, 6.45) is 4.12. The highest BCUT2D eigenvalue weighted by molar-refractivity contribution is 5.28. The van der Waals surface area contributed by atoms with Crippen LogP contribution in [-0.2, 0) is 6.54 Å². The molecule has 4 nitrogen and oxygen atoms in total. The Kier molecular flexibility index (Phi) is 5.36. The molecule has 1 aromatic carbocycles. The fourth-order valence-electron chi connectivity index (χ4n) is 3.36. The smallest absolute Gasteiger partial charge is 0.132 e. The standard InChI is InChI=1S/C19H25NO3/c1-2-22-17-8-3-6-15(12-17)14-20-10-4-7-16(20)13-18(21)19-9-5-11-23-19/h3,5-6,8-9,11-12,16,18,21H,2,4,7,10,13-14H2,1H3. The molecule has 2 unspecified atom stereocenters. The Balaban J connectivity index is 1.61. The van der Waals surface area contributed by atoms with Crippen molar-refractivity contribution in [2.75, 3.05) is 13.2 Å². The molecule has 1 N–H and O–H groups in total. The van der Waals surface area contributed by atoms with E-state index >= 15 is 0 Å². The Hall–Kier alpha value is -1.78. The second-order valence-corrected chi connectivity index (χ2v) is 6.11. The van der Waals surface area contributed by atoms with Crippen LogP contribution in [0.3, 0.4) is 0 Å². The van der Waals surface area contributed by atoms with E-state index in [-0.39, 0.29) is 0 Å². The van der Waals surface area contributed by atoms with Crippen LogP contribution < -0.4 is 4.74 Å². The molecule has 124 valence electrons. The molecule has 23 heavy (non-hydrogen) atoms. The summed E-state index contributed by atoms with van der Waals surface area (Å²) in [5.74, 6) is 1.59. The second kappa shape index (κ2) is 7.66. The van der Waals surface area contributed by atoms with Crippen molar-refractivity contribution < 1.29 is 14.3 Å². The third-order valence-corrected chi connectivity index (χ3v) is 4.46. The normalized spacial score (nSPS) is 19.8. The van der Waals surface area contributed by atoms with Crippen LogP contribution in [0.4, 0.5) is 0 Å². The third kappa shape index (κ3) is 4.15. The zero-order valence-corrected chi connectivity index (χ0v) is 13.6. The maximum absolute atomic E-state index is 10.3. The van der Waals surface area contributed by atoms with Gasteiger partial charge in [0.25, 0.3) is 0 Å². The highest BCUT2D eigenvalue weighted by atomic mass is 16.5. The molecule has 1 fully saturated rings. The SMILES string of the molecule is CCOc1cccc(CN2CCCC2CC(O)c2ccco2)c1. The molecule has 0 spiro atoms. The highest BCUT2D eigenvalue weighted by Crippen LogP contribution is 2.29. The van der Waals surface area contributed by atoms with Gasteiger partial charge >= 0.3 is 0 Å². The van der Waals surface area contributed by atoms with Crippen LogP contribution in [0.5, 0.6) is 5.75 Å². The molecule has 1 saturated heterocycles. The molecule has 3 rings (SSSR count). The molecule has 1 aliphatic heterocycles. The predicted molar refractivity (Wildman–Crippen MR) is 89.3 cm³/mol. The Labute approximate surface area is 137 Å². The van der Waals surface area contributed by atoms with Crippen LogP contribution in [0.15, 0.2) is 47.1 Å². The molecular formula is C19H25NO3. The summed E-state index contributed by atoms with van der Waals surface area (Å²) in [6.45, 7) is 4.66. The summed E-state index contributed by atoms with van der Waals surface area (Å²) < 4.78 is 10.9. The van der Waals surface area contributed by atoms with E-state index in [0.717, 1.165) is 31.7 Å². The van der Waals surface area contributed by atoms with Gasteiger partial charge < -0.3 is 14.3 Å². The largest absolute Gasteiger partial charge is 0.494 e. The lowest BCUT2D eigenvalue weighted by atomic mass is 10.0. The number of furan rings is 1. The maximum atomic E-state index is 10.3. The molecule has 0 saturated carbocycles. The number of nitrogens with zero attached hydrogens (tertiary/aromatic N) is 1. The number of hydrogen-bond acceptors (Lipinski definition) is 4. The van der Waals surface area contributed by atoms with Gasteiger partial charge in [0.2, 0.25) is 0 Å². The summed E-state index contributed by atoms with van der Waals surface area (Å²) in [4.78, 5) is 2.46. The van der Waals surface area contributed by atoms with Crippen LogP contribution in [0.25, 0.3) is 0 Å². The average Bonchev–Trinajstić information content (AvgIpc) is 3.20. The van der Waals surface area contributed by atoms with Crippen molar-refractivity contribution in [1.82, 2.24) is 4.90 Å². The van der Waals surface area contributed by atoms with Crippen molar-refractivity contribution in [3.05, 3.63) is 54.0 Å². The number of benzene rings is 1. The lowest BCUT2D eigenvalue weighted by Crippen LogP contribution is -2.30. The van der Waals surface area contributed by atoms with E-state index < -0.39 is 6.10 Å². The van der Waals surface area contributed by atoms with E-state index in [4.69, 9.17) is 9.15 Å². The van der Waals surface area contributed by atoms with Gasteiger partial charge in [-0.05, 0) is 62.6 Å². The van der Waals surface area contributed by atoms with Gasteiger partial charge in [0, 0.05) is 12.6 Å². The van der Waals surface area contributed by atoms with Crippen molar-refractivity contribution >= 4 is 0 Å². The first-order chi connectivity index (χ1) is 11.3. The van der Waals surface area contributed by atoms with Crippen molar-refractivity contribution in [1.29, 1.82) is 0 Å². The van der Waals surface area contributed by atoms with Gasteiger partial charge in [-0.1, -0.05) is 12.1 Å². The molecular weight excluding hydrogens is 290 g/mol. The van der Waals surface area contributed by atoms with Crippen LogP contribution in [0, 0.1) is 0 Å². The minimum absolute atomic E-state index is 0.394. The lowest BCUT2D eigenvalue weighted by Gasteiger charge is -2.26. The van der Waals surface area contributed by atoms with E-state index in [0.29, 0.717) is 18.4 Å². The fourth-order valence-corrected chi connectivity index (χ4v) is 3.36. The van der Waals surface area contributed by atoms with E-state index in [1.54, 1.807) is 6.26 Å². The maximum Gasteiger partial charge on any atom is 0.132 e. The predicted octanol–water partition coefficient (Wildman–Crippen LogP) is 3.77. The van der Waals surface area contributed by atoms with Crippen molar-refractivity contribution in [2.24, 2.45) is 0 Å². The second-order valence-electron chi connectivity index (χ2n) is 6.11. The summed E-state index contributed by atoms with van der Waals surface area (Å²) in [5, 5.41) is 10.3. The monoisotopic (exact) mass is 315 g/mol. The topological polar surface area (TPSA) is 45.8 Å². The van der Waals surface area contributed by atoms with E-state index in [1.165, 1.54) is 12.0 Å². The average molecular weight is 315 g/mol. The van der Waals surface area contributed by atoms with Crippen molar-refractivity contribution in [3.63, 3.8) is 0 Å². The van der Waals surface area contributed by atoms with Crippen LogP contribution in [-0.4, -0.2) is 29.2 Å². The number of ether oxygens (including phenoxy) is 1. The Bertz CT molecular complexity index is 596. The summed E-state index contributed by atoms with van der Waals surface area (Å²) in [5.41, 5.74) is 1.26. The molecule has 0 aliphatic carbocycles. The molecule has 0 amide bonds. The summed E-state index contributed by atoms with van der Waals surface area (Å²) >= 11 is 0. The number of aliphatic hydroxyl groups is 1. The van der Waals surface area contributed by atoms with Gasteiger partial charge in [0.05, 0.1) is 12.9 Å². The van der Waals surface area contributed by atoms with Crippen molar-refractivity contribution in [3.8, 4) is 5.75 Å². The fraction of sp³-hybridized carbons (Fsp3) is 0.474. The minimum atomic E-state index is -0.523. The summed E-state index contributed by atoms with van der Waals surface area (Å²) in [7, 11) is 0.